The van der Waals surface area contributed by atoms with E-state index >= 15 is 0 Å². The van der Waals surface area contributed by atoms with E-state index in [0.717, 1.165) is 0 Å². The Morgan fingerprint density at radius 3 is 2.57 bits per heavy atom. The lowest BCUT2D eigenvalue weighted by atomic mass is 10.1. The number of aromatic nitrogens is 3. The number of hydrogen-bond acceptors (Lipinski definition) is 11. The highest BCUT2D eigenvalue weighted by molar-refractivity contribution is 7.66. The second-order valence-electron chi connectivity index (χ2n) is 6.27. The van der Waals surface area contributed by atoms with E-state index in [1.54, 1.807) is 12.1 Å². The zero-order valence-electron chi connectivity index (χ0n) is 14.9. The molecule has 4 atom stereocenters. The van der Waals surface area contributed by atoms with Gasteiger partial charge in [-0.25, -0.2) is 23.2 Å². The normalized spacial score (nSPS) is 26.5. The molecule has 3 rings (SSSR count). The van der Waals surface area contributed by atoms with Crippen LogP contribution in [0.5, 0.6) is 0 Å². The minimum Gasteiger partial charge on any atom is -0.382 e. The van der Waals surface area contributed by atoms with Crippen LogP contribution < -0.4 is 11.5 Å². The average molecular weight is 489 g/mol. The Hall–Kier alpha value is -1.25. The van der Waals surface area contributed by atoms with E-state index in [9.17, 15) is 18.6 Å². The Morgan fingerprint density at radius 1 is 1.20 bits per heavy atom. The van der Waals surface area contributed by atoms with Crippen LogP contribution in [0.25, 0.3) is 5.52 Å². The Kier molecular flexibility index (Phi) is 6.26. The summed E-state index contributed by atoms with van der Waals surface area (Å²) in [6, 6.07) is 3.37. The highest BCUT2D eigenvalue weighted by atomic mass is 31.3. The van der Waals surface area contributed by atoms with Gasteiger partial charge in [-0.05, 0) is 25.0 Å². The van der Waals surface area contributed by atoms with Gasteiger partial charge >= 0.3 is 23.5 Å². The Labute approximate surface area is 168 Å². The molecule has 2 unspecified atom stereocenters. The lowest BCUT2D eigenvalue weighted by Crippen LogP contribution is -2.43. The molecule has 1 aliphatic heterocycles. The molecule has 0 bridgehead atoms. The summed E-state index contributed by atoms with van der Waals surface area (Å²) < 4.78 is 52.8. The molecule has 2 aromatic heterocycles. The number of nitrogen functional groups attached to an aromatic ring is 1. The standard InChI is InChI=1S/C11H18N5O11P3/c12-10-8-2-1-7(16(8)15-6-14-10)9-3-4-11(13,25-9)5-24-29(20,21)27-30(22,23)26-28(17,18)19/h1-2,6,9H,3-5,13H2,(H,20,21)(H,22,23)(H2,12,14,15)(H2,17,18,19)/t9-,11+/m1/s1. The lowest BCUT2D eigenvalue weighted by molar-refractivity contribution is -0.0703. The molecule has 0 radical (unpaired) electrons. The molecular weight excluding hydrogens is 471 g/mol. The molecule has 8 N–H and O–H groups in total. The predicted octanol–water partition coefficient (Wildman–Crippen LogP) is 0.161. The van der Waals surface area contributed by atoms with Crippen LogP contribution in [0.3, 0.4) is 0 Å². The monoisotopic (exact) mass is 489 g/mol. The first-order chi connectivity index (χ1) is 13.7. The highest BCUT2D eigenvalue weighted by Crippen LogP contribution is 2.66. The fourth-order valence-corrected chi connectivity index (χ4v) is 5.88. The van der Waals surface area contributed by atoms with Gasteiger partial charge in [0.2, 0.25) is 0 Å². The lowest BCUT2D eigenvalue weighted by Gasteiger charge is -2.25. The summed E-state index contributed by atoms with van der Waals surface area (Å²) in [5.41, 5.74) is 11.3. The number of anilines is 1. The molecular formula is C11H18N5O11P3. The van der Waals surface area contributed by atoms with Crippen molar-refractivity contribution >= 4 is 34.8 Å². The first-order valence-corrected chi connectivity index (χ1v) is 12.5. The highest BCUT2D eigenvalue weighted by Gasteiger charge is 2.44. The van der Waals surface area contributed by atoms with Crippen molar-refractivity contribution in [2.75, 3.05) is 12.3 Å². The summed E-state index contributed by atoms with van der Waals surface area (Å²) in [5, 5.41) is 4.08. The van der Waals surface area contributed by atoms with Gasteiger partial charge < -0.3 is 35.8 Å². The number of hydrogen-bond donors (Lipinski definition) is 6. The molecule has 168 valence electrons. The van der Waals surface area contributed by atoms with Crippen LogP contribution in [0, 0.1) is 0 Å². The van der Waals surface area contributed by atoms with Crippen LogP contribution in [0.4, 0.5) is 5.82 Å². The number of fused-ring (bicyclic) bond motifs is 1. The van der Waals surface area contributed by atoms with Crippen LogP contribution in [0.15, 0.2) is 18.5 Å². The Balaban J connectivity index is 1.65. The van der Waals surface area contributed by atoms with Crippen LogP contribution in [0.1, 0.15) is 24.6 Å². The molecule has 0 aliphatic carbocycles. The SMILES string of the molecule is Nc1ncnn2c([C@H]3CC[C@@](N)(COP(=O)(O)OP(=O)(O)OP(=O)(O)O)O3)ccc12. The molecule has 0 spiro atoms. The maximum Gasteiger partial charge on any atom is 0.490 e. The quantitative estimate of drug-likeness (QED) is 0.270. The smallest absolute Gasteiger partial charge is 0.382 e. The van der Waals surface area contributed by atoms with Gasteiger partial charge in [-0.3, -0.25) is 4.52 Å². The van der Waals surface area contributed by atoms with Crippen molar-refractivity contribution < 1.29 is 51.2 Å². The maximum atomic E-state index is 11.8. The van der Waals surface area contributed by atoms with Crippen molar-refractivity contribution in [1.82, 2.24) is 14.6 Å². The fourth-order valence-electron chi connectivity index (χ4n) is 2.80. The van der Waals surface area contributed by atoms with Crippen LogP contribution in [-0.2, 0) is 31.6 Å². The van der Waals surface area contributed by atoms with Gasteiger partial charge in [-0.15, -0.1) is 0 Å². The minimum absolute atomic E-state index is 0.154. The van der Waals surface area contributed by atoms with Crippen molar-refractivity contribution in [3.8, 4) is 0 Å². The fraction of sp³-hybridized carbons (Fsp3) is 0.455. The second kappa shape index (κ2) is 8.02. The van der Waals surface area contributed by atoms with Gasteiger partial charge in [-0.1, -0.05) is 0 Å². The molecule has 1 saturated heterocycles. The number of phosphoric acid groups is 3. The van der Waals surface area contributed by atoms with E-state index in [2.05, 4.69) is 23.2 Å². The van der Waals surface area contributed by atoms with Crippen molar-refractivity contribution in [1.29, 1.82) is 0 Å². The molecule has 0 amide bonds. The largest absolute Gasteiger partial charge is 0.490 e. The minimum atomic E-state index is -5.61. The topological polar surface area (TPSA) is 251 Å². The number of nitrogens with zero attached hydrogens (tertiary/aromatic N) is 3. The summed E-state index contributed by atoms with van der Waals surface area (Å²) in [6.07, 6.45) is 1.19. The van der Waals surface area contributed by atoms with Gasteiger partial charge in [0.25, 0.3) is 0 Å². The van der Waals surface area contributed by atoms with Gasteiger partial charge in [-0.2, -0.15) is 13.7 Å². The number of nitrogens with two attached hydrogens (primary N) is 2. The van der Waals surface area contributed by atoms with Crippen molar-refractivity contribution in [3.05, 3.63) is 24.2 Å². The number of rotatable bonds is 8. The molecule has 16 nitrogen and oxygen atoms in total. The second-order valence-corrected chi connectivity index (χ2v) is 10.7. The third-order valence-electron chi connectivity index (χ3n) is 3.94. The zero-order chi connectivity index (χ0) is 22.4. The zero-order valence-corrected chi connectivity index (χ0v) is 17.6. The van der Waals surface area contributed by atoms with Crippen molar-refractivity contribution in [3.63, 3.8) is 0 Å². The molecule has 2 aromatic rings. The summed E-state index contributed by atoms with van der Waals surface area (Å²) in [4.78, 5) is 39.6. The number of ether oxygens (including phenoxy) is 1. The molecule has 0 aromatic carbocycles. The summed E-state index contributed by atoms with van der Waals surface area (Å²) in [7, 11) is -16.4. The van der Waals surface area contributed by atoms with E-state index in [-0.39, 0.29) is 12.2 Å². The Bertz CT molecular complexity index is 1090. The third kappa shape index (κ3) is 5.71. The van der Waals surface area contributed by atoms with Crippen LogP contribution in [-0.4, -0.2) is 46.5 Å². The molecule has 30 heavy (non-hydrogen) atoms. The van der Waals surface area contributed by atoms with Gasteiger partial charge in [0.05, 0.1) is 5.69 Å². The van der Waals surface area contributed by atoms with Crippen molar-refractivity contribution in [2.45, 2.75) is 24.7 Å². The Morgan fingerprint density at radius 2 is 1.90 bits per heavy atom. The predicted molar refractivity (Wildman–Crippen MR) is 97.2 cm³/mol. The van der Waals surface area contributed by atoms with Crippen molar-refractivity contribution in [2.24, 2.45) is 5.73 Å². The molecule has 3 heterocycles. The summed E-state index contributed by atoms with van der Waals surface area (Å²) >= 11 is 0. The van der Waals surface area contributed by atoms with E-state index in [1.165, 1.54) is 10.8 Å². The van der Waals surface area contributed by atoms with Crippen LogP contribution >= 0.6 is 23.5 Å². The third-order valence-corrected chi connectivity index (χ3v) is 7.72. The first kappa shape index (κ1) is 23.4. The first-order valence-electron chi connectivity index (χ1n) is 8.02. The van der Waals surface area contributed by atoms with Crippen LogP contribution in [0.2, 0.25) is 0 Å². The maximum absolute atomic E-state index is 11.8. The van der Waals surface area contributed by atoms with E-state index in [1.807, 2.05) is 0 Å². The molecule has 1 aliphatic rings. The van der Waals surface area contributed by atoms with E-state index in [0.29, 0.717) is 17.6 Å². The summed E-state index contributed by atoms with van der Waals surface area (Å²) in [6.45, 7) is -0.756. The number of phosphoric ester groups is 1. The molecule has 1 fully saturated rings. The summed E-state index contributed by atoms with van der Waals surface area (Å²) in [5.74, 6) is 0.251. The van der Waals surface area contributed by atoms with Gasteiger partial charge in [0.1, 0.15) is 30.3 Å². The average Bonchev–Trinajstić information content (AvgIpc) is 3.15. The van der Waals surface area contributed by atoms with E-state index in [4.69, 9.17) is 30.9 Å². The van der Waals surface area contributed by atoms with Gasteiger partial charge in [0, 0.05) is 0 Å². The molecule has 19 heteroatoms. The molecule has 0 saturated carbocycles. The van der Waals surface area contributed by atoms with E-state index < -0.39 is 41.9 Å². The van der Waals surface area contributed by atoms with Gasteiger partial charge in [0.15, 0.2) is 5.82 Å².